The van der Waals surface area contributed by atoms with E-state index in [9.17, 15) is 48.9 Å². The molecule has 2 aliphatic heterocycles. The Bertz CT molecular complexity index is 1760. The summed E-state index contributed by atoms with van der Waals surface area (Å²) in [5.74, 6) is -8.27. The molecule has 5 amide bonds. The van der Waals surface area contributed by atoms with Crippen LogP contribution in [0.25, 0.3) is 0 Å². The van der Waals surface area contributed by atoms with Gasteiger partial charge in [0.2, 0.25) is 17.0 Å². The van der Waals surface area contributed by atoms with Crippen molar-refractivity contribution in [3.05, 3.63) is 46.1 Å². The summed E-state index contributed by atoms with van der Waals surface area (Å²) in [7, 11) is 0. The average molecular weight is 713 g/mol. The topological polar surface area (TPSA) is 306 Å². The van der Waals surface area contributed by atoms with Gasteiger partial charge in [-0.2, -0.15) is 0 Å². The molecule has 1 saturated heterocycles. The number of hydrogen-bond donors (Lipinski definition) is 8. The number of hydrogen-bond acceptors (Lipinski definition) is 15. The normalized spacial score (nSPS) is 18.9. The summed E-state index contributed by atoms with van der Waals surface area (Å²) in [6.45, 7) is 2.43. The Morgan fingerprint density at radius 2 is 1.87 bits per heavy atom. The Kier molecular flexibility index (Phi) is 10.4. The third kappa shape index (κ3) is 6.76. The standard InChI is InChI=1S/C25H24N8O11S2.ClH/c1-24(2,20(42)31-30-17(38)9-3-4-12(35)13(36)5-9)44-32-14(11-7-46-23(27)28-11)18(39)29-25(8-34)21(43)33-15(19(40)41)10(16(26)37)6-45-22(25)33;/h3-5,7-8,22,35-36H,6H2,1-2H3,(H2,26,37)(H2,27,28)(H,29,39)(H,30,38)(H,31,42)(H,40,41);1H/t22-,25?;/m0./s1. The van der Waals surface area contributed by atoms with Gasteiger partial charge in [-0.25, -0.2) is 9.78 Å². The third-order valence-corrected chi connectivity index (χ3v) is 8.56. The highest BCUT2D eigenvalue weighted by atomic mass is 35.5. The van der Waals surface area contributed by atoms with Crippen LogP contribution in [0.4, 0.5) is 5.13 Å². The number of benzene rings is 1. The number of phenolic OH excluding ortho intramolecular Hbond substituents is 2. The minimum atomic E-state index is -2.30. The van der Waals surface area contributed by atoms with E-state index in [1.165, 1.54) is 25.3 Å². The van der Waals surface area contributed by atoms with Crippen molar-refractivity contribution >= 4 is 88.1 Å². The molecule has 3 heterocycles. The number of thioether (sulfide) groups is 1. The maximum absolute atomic E-state index is 13.5. The highest BCUT2D eigenvalue weighted by Crippen LogP contribution is 2.45. The van der Waals surface area contributed by atoms with Gasteiger partial charge < -0.3 is 41.7 Å². The quantitative estimate of drug-likeness (QED) is 0.0341. The molecule has 22 heteroatoms. The molecule has 47 heavy (non-hydrogen) atoms. The number of aliphatic carboxylic acids is 1. The number of halogens is 1. The molecule has 1 aromatic carbocycles. The second-order valence-electron chi connectivity index (χ2n) is 10.0. The van der Waals surface area contributed by atoms with Crippen LogP contribution in [0.5, 0.6) is 11.5 Å². The fourth-order valence-corrected chi connectivity index (χ4v) is 6.05. The van der Waals surface area contributed by atoms with E-state index < -0.39 is 74.9 Å². The molecule has 1 fully saturated rings. The minimum absolute atomic E-state index is 0. The average Bonchev–Trinajstić information content (AvgIpc) is 3.43. The smallest absolute Gasteiger partial charge is 0.353 e. The molecule has 2 aromatic rings. The molecular weight excluding hydrogens is 688 g/mol. The molecule has 4 rings (SSSR count). The lowest BCUT2D eigenvalue weighted by atomic mass is 9.87. The van der Waals surface area contributed by atoms with Crippen LogP contribution in [0.1, 0.15) is 29.9 Å². The van der Waals surface area contributed by atoms with Gasteiger partial charge in [-0.1, -0.05) is 5.16 Å². The van der Waals surface area contributed by atoms with Crippen LogP contribution < -0.4 is 27.6 Å². The first kappa shape index (κ1) is 36.1. The number of carbonyl (C=O) groups is 7. The molecule has 250 valence electrons. The molecule has 0 saturated carbocycles. The van der Waals surface area contributed by atoms with Gasteiger partial charge in [-0.15, -0.1) is 35.5 Å². The maximum Gasteiger partial charge on any atom is 0.353 e. The van der Waals surface area contributed by atoms with Crippen molar-refractivity contribution in [2.45, 2.75) is 30.4 Å². The number of nitrogens with one attached hydrogen (secondary N) is 3. The first-order valence-electron chi connectivity index (χ1n) is 12.6. The monoisotopic (exact) mass is 712 g/mol. The van der Waals surface area contributed by atoms with E-state index >= 15 is 0 Å². The second kappa shape index (κ2) is 13.5. The van der Waals surface area contributed by atoms with E-state index in [-0.39, 0.29) is 46.4 Å². The number of nitrogens with zero attached hydrogens (tertiary/aromatic N) is 3. The van der Waals surface area contributed by atoms with Crippen molar-refractivity contribution in [1.29, 1.82) is 0 Å². The zero-order valence-corrected chi connectivity index (χ0v) is 26.4. The molecule has 2 aliphatic rings. The van der Waals surface area contributed by atoms with Crippen molar-refractivity contribution < 1.29 is 53.7 Å². The Balaban J connectivity index is 0.00000600. The summed E-state index contributed by atoms with van der Waals surface area (Å²) < 4.78 is 0. The number of primary amides is 1. The zero-order chi connectivity index (χ0) is 34.1. The van der Waals surface area contributed by atoms with E-state index in [4.69, 9.17) is 16.3 Å². The van der Waals surface area contributed by atoms with Crippen LogP contribution >= 0.6 is 35.5 Å². The van der Waals surface area contributed by atoms with Crippen LogP contribution in [-0.4, -0.2) is 95.0 Å². The lowest BCUT2D eigenvalue weighted by Gasteiger charge is -2.54. The number of β-lactam (4-membered cyclic amide) rings is 1. The van der Waals surface area contributed by atoms with Crippen LogP contribution in [0.15, 0.2) is 40.0 Å². The first-order valence-corrected chi connectivity index (χ1v) is 14.6. The summed E-state index contributed by atoms with van der Waals surface area (Å²) in [4.78, 5) is 97.7. The molecule has 0 spiro atoms. The number of fused-ring (bicyclic) bond motifs is 1. The van der Waals surface area contributed by atoms with Gasteiger partial charge in [0, 0.05) is 16.7 Å². The van der Waals surface area contributed by atoms with Gasteiger partial charge in [-0.05, 0) is 32.0 Å². The fourth-order valence-electron chi connectivity index (χ4n) is 4.07. The number of nitrogens with two attached hydrogens (primary N) is 2. The lowest BCUT2D eigenvalue weighted by molar-refractivity contribution is -0.160. The minimum Gasteiger partial charge on any atom is -0.504 e. The number of carboxylic acid groups (broad SMARTS) is 1. The largest absolute Gasteiger partial charge is 0.504 e. The molecule has 2 atom stereocenters. The number of nitrogen functional groups attached to an aromatic ring is 1. The van der Waals surface area contributed by atoms with Crippen molar-refractivity contribution in [2.24, 2.45) is 10.9 Å². The van der Waals surface area contributed by atoms with E-state index in [1.807, 2.05) is 0 Å². The van der Waals surface area contributed by atoms with Crippen molar-refractivity contribution in [3.8, 4) is 11.5 Å². The van der Waals surface area contributed by atoms with Crippen molar-refractivity contribution in [2.75, 3.05) is 11.5 Å². The number of aldehydes is 1. The highest BCUT2D eigenvalue weighted by Gasteiger charge is 2.66. The number of rotatable bonds is 10. The molecule has 0 aliphatic carbocycles. The van der Waals surface area contributed by atoms with E-state index in [1.54, 1.807) is 0 Å². The number of amides is 5. The summed E-state index contributed by atoms with van der Waals surface area (Å²) >= 11 is 1.70. The Morgan fingerprint density at radius 3 is 2.43 bits per heavy atom. The van der Waals surface area contributed by atoms with Gasteiger partial charge in [0.25, 0.3) is 23.6 Å². The predicted molar refractivity (Wildman–Crippen MR) is 165 cm³/mol. The van der Waals surface area contributed by atoms with Crippen molar-refractivity contribution in [1.82, 2.24) is 26.1 Å². The molecule has 0 bridgehead atoms. The van der Waals surface area contributed by atoms with Crippen LogP contribution in [0, 0.1) is 0 Å². The van der Waals surface area contributed by atoms with Crippen molar-refractivity contribution in [3.63, 3.8) is 0 Å². The van der Waals surface area contributed by atoms with Gasteiger partial charge in [0.15, 0.2) is 28.6 Å². The van der Waals surface area contributed by atoms with E-state index in [2.05, 4.69) is 26.3 Å². The first-order chi connectivity index (χ1) is 21.5. The Labute approximate surface area is 277 Å². The number of oxime groups is 1. The van der Waals surface area contributed by atoms with Gasteiger partial charge in [0.05, 0.1) is 5.57 Å². The summed E-state index contributed by atoms with van der Waals surface area (Å²) in [5.41, 5.74) is 8.89. The van der Waals surface area contributed by atoms with Gasteiger partial charge >= 0.3 is 5.97 Å². The summed E-state index contributed by atoms with van der Waals surface area (Å²) in [6.07, 6.45) is 0.109. The van der Waals surface area contributed by atoms with E-state index in [0.717, 1.165) is 35.2 Å². The summed E-state index contributed by atoms with van der Waals surface area (Å²) in [6, 6.07) is 3.18. The van der Waals surface area contributed by atoms with Gasteiger partial charge in [-0.3, -0.25) is 39.7 Å². The number of aromatic hydroxyl groups is 2. The molecule has 10 N–H and O–H groups in total. The van der Waals surface area contributed by atoms with Crippen LogP contribution in [-0.2, 0) is 33.6 Å². The summed E-state index contributed by atoms with van der Waals surface area (Å²) in [5, 5.41) is 34.6. The molecule has 1 unspecified atom stereocenters. The molecule has 19 nitrogen and oxygen atoms in total. The number of phenols is 2. The highest BCUT2D eigenvalue weighted by molar-refractivity contribution is 8.00. The number of carboxylic acids is 1. The molecular formula is C25H25ClN8O11S2. The van der Waals surface area contributed by atoms with Crippen LogP contribution in [0.2, 0.25) is 0 Å². The number of carbonyl (C=O) groups excluding carboxylic acids is 6. The number of thiazole rings is 1. The third-order valence-electron chi connectivity index (χ3n) is 6.53. The SMILES string of the molecule is CC(C)(ON=C(C(=O)NC1(C=O)C(=O)N2C(C(=O)O)=C(C(N)=O)CS[C@H]21)c1csc(N)n1)C(=O)NNC(=O)c1ccc(O)c(O)c1.Cl. The van der Waals surface area contributed by atoms with E-state index in [0.29, 0.717) is 4.90 Å². The van der Waals surface area contributed by atoms with Gasteiger partial charge in [0.1, 0.15) is 16.8 Å². The predicted octanol–water partition coefficient (Wildman–Crippen LogP) is -1.69. The van der Waals surface area contributed by atoms with Crippen LogP contribution in [0.3, 0.4) is 0 Å². The Hall–Kier alpha value is -5.41. The number of anilines is 1. The Morgan fingerprint density at radius 1 is 1.19 bits per heavy atom. The maximum atomic E-state index is 13.5. The zero-order valence-electron chi connectivity index (χ0n) is 24.0. The molecule has 1 aromatic heterocycles. The second-order valence-corrected chi connectivity index (χ2v) is 12.0. The fraction of sp³-hybridized carbons (Fsp3) is 0.240. The number of hydrazine groups is 1. The number of aromatic nitrogens is 1. The lowest BCUT2D eigenvalue weighted by Crippen LogP contribution is -2.81. The molecule has 0 radical (unpaired) electrons.